The molecule has 1 heterocycles. The van der Waals surface area contributed by atoms with E-state index in [1.165, 1.54) is 0 Å². The molecule has 0 N–H and O–H groups in total. The summed E-state index contributed by atoms with van der Waals surface area (Å²) < 4.78 is 0. The van der Waals surface area contributed by atoms with E-state index in [1.807, 2.05) is 36.4 Å². The van der Waals surface area contributed by atoms with Crippen molar-refractivity contribution in [1.82, 2.24) is 0 Å². The second-order valence-corrected chi connectivity index (χ2v) is 6.45. The van der Waals surface area contributed by atoms with Crippen molar-refractivity contribution in [3.8, 4) is 0 Å². The Morgan fingerprint density at radius 3 is 2.71 bits per heavy atom. The molecule has 0 unspecified atom stereocenters. The monoisotopic (exact) mass is 316 g/mol. The van der Waals surface area contributed by atoms with Crippen molar-refractivity contribution in [1.29, 1.82) is 0 Å². The maximum atomic E-state index is 12.6. The summed E-state index contributed by atoms with van der Waals surface area (Å²) in [7, 11) is 0. The van der Waals surface area contributed by atoms with E-state index >= 15 is 0 Å². The van der Waals surface area contributed by atoms with Crippen LogP contribution in [-0.2, 0) is 10.5 Å². The second kappa shape index (κ2) is 5.66. The normalized spacial score (nSPS) is 14.9. The molecule has 106 valence electrons. The Morgan fingerprint density at radius 2 is 1.95 bits per heavy atom. The van der Waals surface area contributed by atoms with Crippen LogP contribution >= 0.6 is 23.4 Å². The third kappa shape index (κ3) is 2.63. The number of hydrogen-bond acceptors (Lipinski definition) is 3. The zero-order chi connectivity index (χ0) is 15.0. The number of benzene rings is 2. The molecule has 0 aromatic heterocycles. The summed E-state index contributed by atoms with van der Waals surface area (Å²) in [5.74, 6) is 0.432. The number of carbonyl (C=O) groups excluding carboxylic acids is 2. The van der Waals surface area contributed by atoms with Crippen LogP contribution in [-0.4, -0.2) is 11.0 Å². The SMILES string of the molecule is C[C@H](C(=O)Cl)c1ccc2c(c1)SCc1ccccc1C2=O. The lowest BCUT2D eigenvalue weighted by Gasteiger charge is -2.10. The first-order valence-electron chi connectivity index (χ1n) is 6.66. The van der Waals surface area contributed by atoms with Crippen molar-refractivity contribution in [2.24, 2.45) is 0 Å². The average Bonchev–Trinajstić information content (AvgIpc) is 2.64. The fourth-order valence-corrected chi connectivity index (χ4v) is 3.64. The molecule has 2 aromatic rings. The molecule has 0 amide bonds. The van der Waals surface area contributed by atoms with Gasteiger partial charge in [-0.25, -0.2) is 0 Å². The molecule has 0 fully saturated rings. The van der Waals surface area contributed by atoms with Crippen molar-refractivity contribution in [2.75, 3.05) is 0 Å². The van der Waals surface area contributed by atoms with E-state index in [2.05, 4.69) is 0 Å². The highest BCUT2D eigenvalue weighted by Crippen LogP contribution is 2.35. The van der Waals surface area contributed by atoms with Crippen LogP contribution in [0.5, 0.6) is 0 Å². The number of fused-ring (bicyclic) bond motifs is 2. The molecule has 0 spiro atoms. The van der Waals surface area contributed by atoms with Gasteiger partial charge in [0.15, 0.2) is 5.78 Å². The van der Waals surface area contributed by atoms with Gasteiger partial charge in [-0.1, -0.05) is 37.3 Å². The van der Waals surface area contributed by atoms with Crippen molar-refractivity contribution in [3.63, 3.8) is 0 Å². The average molecular weight is 317 g/mol. The van der Waals surface area contributed by atoms with E-state index in [-0.39, 0.29) is 16.9 Å². The second-order valence-electron chi connectivity index (χ2n) is 5.06. The minimum absolute atomic E-state index is 0.0435. The standard InChI is InChI=1S/C17H13ClO2S/c1-10(17(18)20)11-6-7-14-15(8-11)21-9-12-4-2-3-5-13(12)16(14)19/h2-8,10H,9H2,1H3/t10-/m0/s1. The third-order valence-electron chi connectivity index (χ3n) is 3.74. The molecule has 2 aromatic carbocycles. The molecule has 2 nitrogen and oxygen atoms in total. The van der Waals surface area contributed by atoms with Gasteiger partial charge in [0.1, 0.15) is 0 Å². The predicted molar refractivity (Wildman–Crippen MR) is 85.2 cm³/mol. The molecule has 3 rings (SSSR count). The van der Waals surface area contributed by atoms with E-state index in [1.54, 1.807) is 24.8 Å². The molecule has 1 aliphatic heterocycles. The fraction of sp³-hybridized carbons (Fsp3) is 0.176. The summed E-state index contributed by atoms with van der Waals surface area (Å²) in [6, 6.07) is 13.2. The number of ketones is 1. The van der Waals surface area contributed by atoms with E-state index < -0.39 is 0 Å². The van der Waals surface area contributed by atoms with Crippen molar-refractivity contribution >= 4 is 34.4 Å². The van der Waals surface area contributed by atoms with Crippen LogP contribution in [0.15, 0.2) is 47.4 Å². The van der Waals surface area contributed by atoms with Crippen molar-refractivity contribution in [2.45, 2.75) is 23.5 Å². The van der Waals surface area contributed by atoms with E-state index in [4.69, 9.17) is 11.6 Å². The van der Waals surface area contributed by atoms with Crippen LogP contribution in [0.3, 0.4) is 0 Å². The Morgan fingerprint density at radius 1 is 1.19 bits per heavy atom. The molecule has 1 aliphatic rings. The highest BCUT2D eigenvalue weighted by Gasteiger charge is 2.23. The molecule has 1 atom stereocenters. The fourth-order valence-electron chi connectivity index (χ4n) is 2.41. The van der Waals surface area contributed by atoms with Crippen LogP contribution in [0.4, 0.5) is 0 Å². The van der Waals surface area contributed by atoms with Crippen LogP contribution in [0.25, 0.3) is 0 Å². The molecule has 0 aliphatic carbocycles. The zero-order valence-corrected chi connectivity index (χ0v) is 13.0. The molecular formula is C17H13ClO2S. The topological polar surface area (TPSA) is 34.1 Å². The van der Waals surface area contributed by atoms with Crippen LogP contribution in [0.2, 0.25) is 0 Å². The van der Waals surface area contributed by atoms with Gasteiger partial charge in [0.25, 0.3) is 0 Å². The van der Waals surface area contributed by atoms with Gasteiger partial charge in [0, 0.05) is 21.8 Å². The highest BCUT2D eigenvalue weighted by atomic mass is 35.5. The Labute approximate surface area is 132 Å². The van der Waals surface area contributed by atoms with Gasteiger partial charge < -0.3 is 0 Å². The number of halogens is 1. The maximum Gasteiger partial charge on any atom is 0.228 e. The molecule has 0 saturated carbocycles. The highest BCUT2D eigenvalue weighted by molar-refractivity contribution is 7.98. The maximum absolute atomic E-state index is 12.6. The summed E-state index contributed by atoms with van der Waals surface area (Å²) in [5.41, 5.74) is 3.35. The third-order valence-corrected chi connectivity index (χ3v) is 5.17. The van der Waals surface area contributed by atoms with E-state index in [0.717, 1.165) is 27.3 Å². The van der Waals surface area contributed by atoms with Gasteiger partial charge in [-0.15, -0.1) is 11.8 Å². The lowest BCUT2D eigenvalue weighted by molar-refractivity contribution is -0.112. The predicted octanol–water partition coefficient (Wildman–Crippen LogP) is 4.39. The molecular weight excluding hydrogens is 304 g/mol. The number of thioether (sulfide) groups is 1. The molecule has 0 saturated heterocycles. The Kier molecular flexibility index (Phi) is 3.87. The molecule has 4 heteroatoms. The number of rotatable bonds is 2. The minimum Gasteiger partial charge on any atom is -0.289 e. The van der Waals surface area contributed by atoms with Gasteiger partial charge in [0.05, 0.1) is 5.92 Å². The smallest absolute Gasteiger partial charge is 0.228 e. The largest absolute Gasteiger partial charge is 0.289 e. The van der Waals surface area contributed by atoms with Crippen LogP contribution in [0, 0.1) is 0 Å². The molecule has 0 radical (unpaired) electrons. The summed E-state index contributed by atoms with van der Waals surface area (Å²) >= 11 is 7.19. The first kappa shape index (κ1) is 14.4. The molecule has 0 bridgehead atoms. The molecule has 21 heavy (non-hydrogen) atoms. The summed E-state index contributed by atoms with van der Waals surface area (Å²) in [4.78, 5) is 24.9. The lowest BCUT2D eigenvalue weighted by Crippen LogP contribution is -2.06. The van der Waals surface area contributed by atoms with Gasteiger partial charge in [0.2, 0.25) is 5.24 Å². The summed E-state index contributed by atoms with van der Waals surface area (Å²) in [6.45, 7) is 1.77. The van der Waals surface area contributed by atoms with Gasteiger partial charge >= 0.3 is 0 Å². The number of carbonyl (C=O) groups is 2. The Bertz CT molecular complexity index is 739. The van der Waals surface area contributed by atoms with E-state index in [0.29, 0.717) is 5.56 Å². The quantitative estimate of drug-likeness (QED) is 0.770. The van der Waals surface area contributed by atoms with Gasteiger partial charge in [-0.3, -0.25) is 9.59 Å². The van der Waals surface area contributed by atoms with Gasteiger partial charge in [-0.05, 0) is 34.9 Å². The van der Waals surface area contributed by atoms with Crippen LogP contribution < -0.4 is 0 Å². The van der Waals surface area contributed by atoms with E-state index in [9.17, 15) is 9.59 Å². The lowest BCUT2D eigenvalue weighted by atomic mass is 9.96. The zero-order valence-electron chi connectivity index (χ0n) is 11.4. The van der Waals surface area contributed by atoms with Gasteiger partial charge in [-0.2, -0.15) is 0 Å². The summed E-state index contributed by atoms with van der Waals surface area (Å²) in [6.07, 6.45) is 0. The number of hydrogen-bond donors (Lipinski definition) is 0. The minimum atomic E-state index is -0.386. The van der Waals surface area contributed by atoms with Crippen molar-refractivity contribution in [3.05, 3.63) is 64.7 Å². The first-order valence-corrected chi connectivity index (χ1v) is 8.03. The van der Waals surface area contributed by atoms with Crippen LogP contribution in [0.1, 0.15) is 39.9 Å². The first-order chi connectivity index (χ1) is 10.1. The Balaban J connectivity index is 2.07. The summed E-state index contributed by atoms with van der Waals surface area (Å²) in [5, 5.41) is -0.386. The Hall–Kier alpha value is -1.58. The van der Waals surface area contributed by atoms with Crippen molar-refractivity contribution < 1.29 is 9.59 Å².